The van der Waals surface area contributed by atoms with Gasteiger partial charge in [0, 0.05) is 35.9 Å². The number of anilines is 3. The van der Waals surface area contributed by atoms with Crippen molar-refractivity contribution in [2.24, 2.45) is 0 Å². The van der Waals surface area contributed by atoms with Crippen molar-refractivity contribution >= 4 is 28.1 Å². The summed E-state index contributed by atoms with van der Waals surface area (Å²) in [5, 5.41) is 16.5. The van der Waals surface area contributed by atoms with Crippen LogP contribution in [0, 0.1) is 6.92 Å². The predicted molar refractivity (Wildman–Crippen MR) is 104 cm³/mol. The van der Waals surface area contributed by atoms with Crippen LogP contribution in [-0.2, 0) is 0 Å². The van der Waals surface area contributed by atoms with Gasteiger partial charge in [-0.2, -0.15) is 10.2 Å². The van der Waals surface area contributed by atoms with E-state index in [9.17, 15) is 4.79 Å². The lowest BCUT2D eigenvalue weighted by molar-refractivity contribution is 0.510. The maximum absolute atomic E-state index is 13.0. The van der Waals surface area contributed by atoms with Crippen molar-refractivity contribution in [3.05, 3.63) is 40.3 Å². The normalized spacial score (nSPS) is 14.5. The van der Waals surface area contributed by atoms with E-state index in [-0.39, 0.29) is 11.6 Å². The summed E-state index contributed by atoms with van der Waals surface area (Å²) in [6.45, 7) is 7.97. The number of nitrogens with zero attached hydrogens (tertiary/aromatic N) is 4. The van der Waals surface area contributed by atoms with Crippen LogP contribution in [0.25, 0.3) is 10.8 Å². The molecule has 26 heavy (non-hydrogen) atoms. The third-order valence-corrected chi connectivity index (χ3v) is 4.82. The molecule has 0 unspecified atom stereocenters. The third kappa shape index (κ3) is 2.94. The Balaban J connectivity index is 1.87. The zero-order valence-corrected chi connectivity index (χ0v) is 15.4. The van der Waals surface area contributed by atoms with E-state index in [4.69, 9.17) is 0 Å². The molecule has 4 rings (SSSR count). The number of benzene rings is 1. The highest BCUT2D eigenvalue weighted by Crippen LogP contribution is 2.28. The molecule has 7 nitrogen and oxygen atoms in total. The molecular formula is C19H24N6O. The molecule has 3 aromatic rings. The number of aromatic nitrogens is 4. The van der Waals surface area contributed by atoms with Gasteiger partial charge in [-0.3, -0.25) is 9.89 Å². The van der Waals surface area contributed by atoms with Crippen LogP contribution in [0.4, 0.5) is 17.3 Å². The first kappa shape index (κ1) is 16.6. The van der Waals surface area contributed by atoms with Gasteiger partial charge in [-0.15, -0.1) is 0 Å². The molecule has 0 atom stereocenters. The second-order valence-electron chi connectivity index (χ2n) is 7.18. The summed E-state index contributed by atoms with van der Waals surface area (Å²) < 4.78 is 1.54. The van der Waals surface area contributed by atoms with Crippen molar-refractivity contribution in [2.45, 2.75) is 39.7 Å². The van der Waals surface area contributed by atoms with Crippen LogP contribution < -0.4 is 15.8 Å². The number of H-pyrrole nitrogens is 1. The Morgan fingerprint density at radius 2 is 1.92 bits per heavy atom. The van der Waals surface area contributed by atoms with Crippen molar-refractivity contribution in [1.82, 2.24) is 20.0 Å². The van der Waals surface area contributed by atoms with Gasteiger partial charge >= 0.3 is 0 Å². The maximum Gasteiger partial charge on any atom is 0.275 e. The molecule has 0 bridgehead atoms. The lowest BCUT2D eigenvalue weighted by atomic mass is 10.1. The van der Waals surface area contributed by atoms with Gasteiger partial charge in [0.05, 0.1) is 11.4 Å². The fourth-order valence-corrected chi connectivity index (χ4v) is 3.46. The molecule has 0 saturated carbocycles. The Labute approximate surface area is 152 Å². The molecule has 7 heteroatoms. The van der Waals surface area contributed by atoms with E-state index in [1.807, 2.05) is 39.0 Å². The third-order valence-electron chi connectivity index (χ3n) is 4.82. The molecule has 0 aliphatic carbocycles. The van der Waals surface area contributed by atoms with Crippen LogP contribution in [0.1, 0.15) is 38.4 Å². The monoisotopic (exact) mass is 352 g/mol. The molecule has 0 radical (unpaired) electrons. The standard InChI is InChI=1S/C19H24N6O/c1-12(2)25-19(26)16-11-14(24-8-4-5-9-24)6-7-15(16)18(23-25)20-17-10-13(3)21-22-17/h6-7,10-12H,4-5,8-9H2,1-3H3,(H2,20,21,22,23). The van der Waals surface area contributed by atoms with Gasteiger partial charge in [0.25, 0.3) is 5.56 Å². The summed E-state index contributed by atoms with van der Waals surface area (Å²) >= 11 is 0. The predicted octanol–water partition coefficient (Wildman–Crippen LogP) is 3.35. The Morgan fingerprint density at radius 3 is 2.58 bits per heavy atom. The minimum atomic E-state index is -0.0557. The lowest BCUT2D eigenvalue weighted by Gasteiger charge is -2.19. The molecule has 0 spiro atoms. The first-order chi connectivity index (χ1) is 12.5. The highest BCUT2D eigenvalue weighted by Gasteiger charge is 2.17. The van der Waals surface area contributed by atoms with Crippen LogP contribution >= 0.6 is 0 Å². The quantitative estimate of drug-likeness (QED) is 0.753. The summed E-state index contributed by atoms with van der Waals surface area (Å²) in [4.78, 5) is 15.3. The van der Waals surface area contributed by atoms with Crippen LogP contribution in [-0.4, -0.2) is 33.1 Å². The number of fused-ring (bicyclic) bond motifs is 1. The van der Waals surface area contributed by atoms with Gasteiger partial charge in [0.15, 0.2) is 11.6 Å². The Kier molecular flexibility index (Phi) is 4.14. The van der Waals surface area contributed by atoms with Gasteiger partial charge < -0.3 is 10.2 Å². The van der Waals surface area contributed by atoms with Gasteiger partial charge in [0.1, 0.15) is 0 Å². The van der Waals surface area contributed by atoms with E-state index in [0.29, 0.717) is 17.0 Å². The second kappa shape index (κ2) is 6.48. The summed E-state index contributed by atoms with van der Waals surface area (Å²) in [6, 6.07) is 7.96. The largest absolute Gasteiger partial charge is 0.372 e. The van der Waals surface area contributed by atoms with Crippen LogP contribution in [0.5, 0.6) is 0 Å². The fourth-order valence-electron chi connectivity index (χ4n) is 3.46. The summed E-state index contributed by atoms with van der Waals surface area (Å²) in [5.74, 6) is 1.33. The van der Waals surface area contributed by atoms with Gasteiger partial charge in [0.2, 0.25) is 0 Å². The molecule has 1 saturated heterocycles. The molecule has 2 aromatic heterocycles. The van der Waals surface area contributed by atoms with Crippen LogP contribution in [0.2, 0.25) is 0 Å². The van der Waals surface area contributed by atoms with Crippen molar-refractivity contribution < 1.29 is 0 Å². The van der Waals surface area contributed by atoms with Gasteiger partial charge in [-0.25, -0.2) is 4.68 Å². The number of hydrogen-bond acceptors (Lipinski definition) is 5. The Hall–Kier alpha value is -2.83. The number of rotatable bonds is 4. The van der Waals surface area contributed by atoms with Crippen LogP contribution in [0.3, 0.4) is 0 Å². The van der Waals surface area contributed by atoms with E-state index in [0.717, 1.165) is 29.9 Å². The molecule has 1 aromatic carbocycles. The first-order valence-electron chi connectivity index (χ1n) is 9.13. The summed E-state index contributed by atoms with van der Waals surface area (Å²) in [5.41, 5.74) is 2.01. The molecule has 0 amide bonds. The van der Waals surface area contributed by atoms with E-state index < -0.39 is 0 Å². The van der Waals surface area contributed by atoms with E-state index >= 15 is 0 Å². The molecule has 1 fully saturated rings. The van der Waals surface area contributed by atoms with E-state index in [1.54, 1.807) is 0 Å². The number of nitrogens with one attached hydrogen (secondary N) is 2. The molecular weight excluding hydrogens is 328 g/mol. The van der Waals surface area contributed by atoms with Crippen molar-refractivity contribution in [3.8, 4) is 0 Å². The highest BCUT2D eigenvalue weighted by atomic mass is 16.1. The summed E-state index contributed by atoms with van der Waals surface area (Å²) in [7, 11) is 0. The lowest BCUT2D eigenvalue weighted by Crippen LogP contribution is -2.26. The molecule has 2 N–H and O–H groups in total. The number of hydrogen-bond donors (Lipinski definition) is 2. The van der Waals surface area contributed by atoms with Gasteiger partial charge in [-0.1, -0.05) is 0 Å². The smallest absolute Gasteiger partial charge is 0.275 e. The fraction of sp³-hybridized carbons (Fsp3) is 0.421. The molecule has 1 aliphatic rings. The van der Waals surface area contributed by atoms with E-state index in [1.165, 1.54) is 17.5 Å². The molecule has 136 valence electrons. The van der Waals surface area contributed by atoms with Crippen LogP contribution in [0.15, 0.2) is 29.1 Å². The topological polar surface area (TPSA) is 78.8 Å². The Morgan fingerprint density at radius 1 is 1.15 bits per heavy atom. The summed E-state index contributed by atoms with van der Waals surface area (Å²) in [6.07, 6.45) is 2.41. The zero-order valence-electron chi connectivity index (χ0n) is 15.4. The average molecular weight is 352 g/mol. The van der Waals surface area contributed by atoms with Crippen molar-refractivity contribution in [1.29, 1.82) is 0 Å². The minimum absolute atomic E-state index is 0.0242. The van der Waals surface area contributed by atoms with Crippen molar-refractivity contribution in [3.63, 3.8) is 0 Å². The minimum Gasteiger partial charge on any atom is -0.372 e. The van der Waals surface area contributed by atoms with Gasteiger partial charge in [-0.05, 0) is 51.8 Å². The van der Waals surface area contributed by atoms with Crippen molar-refractivity contribution in [2.75, 3.05) is 23.3 Å². The Bertz CT molecular complexity index is 997. The average Bonchev–Trinajstić information content (AvgIpc) is 3.28. The SMILES string of the molecule is Cc1cc(Nc2nn(C(C)C)c(=O)c3cc(N4CCCC4)ccc23)n[nH]1. The second-order valence-corrected chi connectivity index (χ2v) is 7.18. The zero-order chi connectivity index (χ0) is 18.3. The number of aryl methyl sites for hydroxylation is 1. The molecule has 3 heterocycles. The number of aromatic amines is 1. The highest BCUT2D eigenvalue weighted by molar-refractivity contribution is 5.94. The first-order valence-corrected chi connectivity index (χ1v) is 9.13. The molecule has 1 aliphatic heterocycles. The maximum atomic E-state index is 13.0. The van der Waals surface area contributed by atoms with E-state index in [2.05, 4.69) is 31.6 Å².